The van der Waals surface area contributed by atoms with Crippen molar-refractivity contribution in [1.29, 1.82) is 0 Å². The molecule has 1 aliphatic heterocycles. The molecule has 0 bridgehead atoms. The van der Waals surface area contributed by atoms with E-state index in [9.17, 15) is 0 Å². The second-order valence-electron chi connectivity index (χ2n) is 4.80. The van der Waals surface area contributed by atoms with Gasteiger partial charge in [0.15, 0.2) is 0 Å². The summed E-state index contributed by atoms with van der Waals surface area (Å²) < 4.78 is 0. The van der Waals surface area contributed by atoms with Crippen LogP contribution < -0.4 is 5.32 Å². The van der Waals surface area contributed by atoms with E-state index in [4.69, 9.17) is 0 Å². The van der Waals surface area contributed by atoms with Crippen LogP contribution in [0.3, 0.4) is 0 Å². The summed E-state index contributed by atoms with van der Waals surface area (Å²) in [5.74, 6) is 3.06. The fraction of sp³-hybridized carbons (Fsp3) is 0.571. The van der Waals surface area contributed by atoms with Gasteiger partial charge in [-0.25, -0.2) is 0 Å². The maximum absolute atomic E-state index is 3.45. The van der Waals surface area contributed by atoms with Crippen molar-refractivity contribution in [2.24, 2.45) is 0 Å². The van der Waals surface area contributed by atoms with Crippen LogP contribution in [-0.2, 0) is 5.75 Å². The fourth-order valence-corrected chi connectivity index (χ4v) is 3.30. The summed E-state index contributed by atoms with van der Waals surface area (Å²) in [5, 5.41) is 3.45. The van der Waals surface area contributed by atoms with Crippen molar-refractivity contribution in [3.05, 3.63) is 34.9 Å². The highest BCUT2D eigenvalue weighted by Gasteiger charge is 2.18. The first-order chi connectivity index (χ1) is 7.72. The molecule has 1 N–H and O–H groups in total. The standard InChI is InChI=1S/C14H21NS/c1-10(2)11-4-5-12-9-16-7-6-14(15-3)13(12)8-11/h4-5,8,10,14-15H,6-7,9H2,1-3H3. The van der Waals surface area contributed by atoms with E-state index in [0.29, 0.717) is 12.0 Å². The van der Waals surface area contributed by atoms with E-state index in [1.54, 1.807) is 0 Å². The number of thioether (sulfide) groups is 1. The predicted molar refractivity (Wildman–Crippen MR) is 73.1 cm³/mol. The molecule has 0 fully saturated rings. The molecule has 1 aliphatic rings. The third kappa shape index (κ3) is 2.44. The highest BCUT2D eigenvalue weighted by molar-refractivity contribution is 7.98. The Morgan fingerprint density at radius 2 is 2.19 bits per heavy atom. The van der Waals surface area contributed by atoms with Gasteiger partial charge in [0.2, 0.25) is 0 Å². The number of benzene rings is 1. The van der Waals surface area contributed by atoms with Crippen LogP contribution in [-0.4, -0.2) is 12.8 Å². The lowest BCUT2D eigenvalue weighted by molar-refractivity contribution is 0.580. The molecule has 0 aliphatic carbocycles. The van der Waals surface area contributed by atoms with Crippen molar-refractivity contribution in [3.63, 3.8) is 0 Å². The third-order valence-corrected chi connectivity index (χ3v) is 4.41. The van der Waals surface area contributed by atoms with Crippen LogP contribution in [0.5, 0.6) is 0 Å². The molecule has 0 saturated heterocycles. The predicted octanol–water partition coefficient (Wildman–Crippen LogP) is 3.71. The van der Waals surface area contributed by atoms with Gasteiger partial charge in [-0.05, 0) is 41.8 Å². The Balaban J connectivity index is 2.39. The Hall–Kier alpha value is -0.470. The molecule has 0 aromatic heterocycles. The molecule has 1 unspecified atom stereocenters. The number of fused-ring (bicyclic) bond motifs is 1. The van der Waals surface area contributed by atoms with Gasteiger partial charge in [-0.1, -0.05) is 32.0 Å². The zero-order chi connectivity index (χ0) is 11.5. The summed E-state index contributed by atoms with van der Waals surface area (Å²) in [4.78, 5) is 0. The lowest BCUT2D eigenvalue weighted by Gasteiger charge is -2.18. The molecular weight excluding hydrogens is 214 g/mol. The quantitative estimate of drug-likeness (QED) is 0.838. The molecule has 0 amide bonds. The number of rotatable bonds is 2. The first-order valence-electron chi connectivity index (χ1n) is 6.10. The minimum Gasteiger partial charge on any atom is -0.313 e. The first kappa shape index (κ1) is 12.0. The average molecular weight is 235 g/mol. The van der Waals surface area contributed by atoms with Crippen molar-refractivity contribution in [3.8, 4) is 0 Å². The Morgan fingerprint density at radius 3 is 2.88 bits per heavy atom. The van der Waals surface area contributed by atoms with Gasteiger partial charge in [-0.2, -0.15) is 11.8 Å². The van der Waals surface area contributed by atoms with Gasteiger partial charge in [0.1, 0.15) is 0 Å². The molecule has 2 rings (SSSR count). The second-order valence-corrected chi connectivity index (χ2v) is 5.90. The first-order valence-corrected chi connectivity index (χ1v) is 7.25. The highest BCUT2D eigenvalue weighted by atomic mass is 32.2. The van der Waals surface area contributed by atoms with E-state index in [0.717, 1.165) is 0 Å². The monoisotopic (exact) mass is 235 g/mol. The van der Waals surface area contributed by atoms with Crippen LogP contribution >= 0.6 is 11.8 Å². The van der Waals surface area contributed by atoms with Crippen LogP contribution in [0, 0.1) is 0 Å². The Kier molecular flexibility index (Phi) is 3.93. The normalized spacial score (nSPS) is 20.6. The number of hydrogen-bond acceptors (Lipinski definition) is 2. The van der Waals surface area contributed by atoms with Crippen molar-refractivity contribution >= 4 is 11.8 Å². The van der Waals surface area contributed by atoms with Crippen LogP contribution in [0.1, 0.15) is 48.9 Å². The maximum atomic E-state index is 3.45. The summed E-state index contributed by atoms with van der Waals surface area (Å²) in [6.07, 6.45) is 1.25. The summed E-state index contributed by atoms with van der Waals surface area (Å²) in [7, 11) is 2.08. The zero-order valence-electron chi connectivity index (χ0n) is 10.4. The van der Waals surface area contributed by atoms with E-state index in [1.165, 1.54) is 34.6 Å². The minimum atomic E-state index is 0.545. The Morgan fingerprint density at radius 1 is 1.38 bits per heavy atom. The Labute approximate surface area is 103 Å². The molecule has 1 aromatic rings. The summed E-state index contributed by atoms with van der Waals surface area (Å²) in [5.41, 5.74) is 4.51. The third-order valence-electron chi connectivity index (χ3n) is 3.37. The zero-order valence-corrected chi connectivity index (χ0v) is 11.2. The second kappa shape index (κ2) is 5.24. The molecule has 0 spiro atoms. The number of nitrogens with one attached hydrogen (secondary N) is 1. The molecule has 0 radical (unpaired) electrons. The van der Waals surface area contributed by atoms with Crippen molar-refractivity contribution in [2.45, 2.75) is 38.0 Å². The van der Waals surface area contributed by atoms with Crippen molar-refractivity contribution in [2.75, 3.05) is 12.8 Å². The van der Waals surface area contributed by atoms with Gasteiger partial charge < -0.3 is 5.32 Å². The van der Waals surface area contributed by atoms with Crippen LogP contribution in [0.15, 0.2) is 18.2 Å². The lowest BCUT2D eigenvalue weighted by Crippen LogP contribution is -2.17. The molecule has 16 heavy (non-hydrogen) atoms. The van der Waals surface area contributed by atoms with Gasteiger partial charge in [0, 0.05) is 11.8 Å². The molecule has 2 heteroatoms. The van der Waals surface area contributed by atoms with Gasteiger partial charge >= 0.3 is 0 Å². The van der Waals surface area contributed by atoms with Crippen LogP contribution in [0.4, 0.5) is 0 Å². The topological polar surface area (TPSA) is 12.0 Å². The highest BCUT2D eigenvalue weighted by Crippen LogP contribution is 2.32. The van der Waals surface area contributed by atoms with Crippen LogP contribution in [0.25, 0.3) is 0 Å². The lowest BCUT2D eigenvalue weighted by atomic mass is 9.93. The van der Waals surface area contributed by atoms with E-state index in [-0.39, 0.29) is 0 Å². The molecule has 1 nitrogen and oxygen atoms in total. The molecule has 88 valence electrons. The molecule has 0 saturated carbocycles. The van der Waals surface area contributed by atoms with E-state index < -0.39 is 0 Å². The summed E-state index contributed by atoms with van der Waals surface area (Å²) in [6.45, 7) is 4.53. The van der Waals surface area contributed by atoms with Crippen LogP contribution in [0.2, 0.25) is 0 Å². The van der Waals surface area contributed by atoms with Gasteiger partial charge in [-0.3, -0.25) is 0 Å². The van der Waals surface area contributed by atoms with Gasteiger partial charge in [-0.15, -0.1) is 0 Å². The Bertz CT molecular complexity index is 360. The molecule has 1 heterocycles. The molecule has 1 aromatic carbocycles. The summed E-state index contributed by atoms with van der Waals surface area (Å²) in [6, 6.07) is 7.58. The fourth-order valence-electron chi connectivity index (χ4n) is 2.27. The van der Waals surface area contributed by atoms with Crippen molar-refractivity contribution in [1.82, 2.24) is 5.32 Å². The van der Waals surface area contributed by atoms with E-state index in [1.807, 2.05) is 0 Å². The maximum Gasteiger partial charge on any atom is 0.0328 e. The summed E-state index contributed by atoms with van der Waals surface area (Å²) >= 11 is 2.05. The average Bonchev–Trinajstić information content (AvgIpc) is 2.49. The van der Waals surface area contributed by atoms with Gasteiger partial charge in [0.05, 0.1) is 0 Å². The van der Waals surface area contributed by atoms with E-state index >= 15 is 0 Å². The minimum absolute atomic E-state index is 0.545. The van der Waals surface area contributed by atoms with Crippen molar-refractivity contribution < 1.29 is 0 Å². The smallest absolute Gasteiger partial charge is 0.0328 e. The largest absolute Gasteiger partial charge is 0.313 e. The SMILES string of the molecule is CNC1CCSCc2ccc(C(C)C)cc21. The van der Waals surface area contributed by atoms with E-state index in [2.05, 4.69) is 56.2 Å². The van der Waals surface area contributed by atoms with Gasteiger partial charge in [0.25, 0.3) is 0 Å². The number of hydrogen-bond donors (Lipinski definition) is 1. The molecule has 1 atom stereocenters. The molecular formula is C14H21NS.